The monoisotopic (exact) mass is 193 g/mol. The molecule has 0 aromatic heterocycles. The number of amides is 1. The van der Waals surface area contributed by atoms with E-state index in [1.807, 2.05) is 30.3 Å². The molecule has 0 spiro atoms. The van der Waals surface area contributed by atoms with Gasteiger partial charge in [0.25, 0.3) is 0 Å². The fraction of sp³-hybridized carbons (Fsp3) is 0.300. The maximum absolute atomic E-state index is 10.7. The predicted molar refractivity (Wildman–Crippen MR) is 51.3 cm³/mol. The lowest BCUT2D eigenvalue weighted by molar-refractivity contribution is -0.266. The molecule has 0 aliphatic rings. The van der Waals surface area contributed by atoms with Gasteiger partial charge in [-0.3, -0.25) is 0 Å². The lowest BCUT2D eigenvalue weighted by atomic mass is 10.2. The van der Waals surface area contributed by atoms with Crippen LogP contribution in [0.2, 0.25) is 0 Å². The zero-order valence-corrected chi connectivity index (χ0v) is 7.85. The third-order valence-corrected chi connectivity index (χ3v) is 1.87. The third-order valence-electron chi connectivity index (χ3n) is 1.87. The molecule has 0 saturated heterocycles. The molecule has 1 aromatic rings. The summed E-state index contributed by atoms with van der Waals surface area (Å²) in [5, 5.41) is 10.7. The van der Waals surface area contributed by atoms with E-state index in [2.05, 4.69) is 0 Å². The molecule has 1 rings (SSSR count). The van der Waals surface area contributed by atoms with Crippen molar-refractivity contribution in [1.29, 1.82) is 0 Å². The van der Waals surface area contributed by atoms with Gasteiger partial charge in [-0.1, -0.05) is 30.3 Å². The van der Waals surface area contributed by atoms with Gasteiger partial charge in [0.05, 0.1) is 0 Å². The highest BCUT2D eigenvalue weighted by molar-refractivity contribution is 5.62. The van der Waals surface area contributed by atoms with Crippen molar-refractivity contribution in [1.82, 2.24) is 4.90 Å². The largest absolute Gasteiger partial charge is 0.530 e. The van der Waals surface area contributed by atoms with E-state index in [0.717, 1.165) is 5.56 Å². The first kappa shape index (κ1) is 10.5. The standard InChI is InChI=1S/C10H14N2O2/c11-6-7-12(10(13)14)8-9-4-2-1-3-5-9/h1-5H,6-8,11H2,(H,13,14)/p-1. The molecular formula is C10H13N2O2-. The fourth-order valence-corrected chi connectivity index (χ4v) is 1.19. The Labute approximate surface area is 82.9 Å². The highest BCUT2D eigenvalue weighted by Crippen LogP contribution is 2.02. The zero-order valence-electron chi connectivity index (χ0n) is 7.85. The molecule has 0 radical (unpaired) electrons. The average Bonchev–Trinajstić information content (AvgIpc) is 2.18. The molecule has 0 fully saturated rings. The number of benzene rings is 1. The smallest absolute Gasteiger partial charge is 0.137 e. The highest BCUT2D eigenvalue weighted by atomic mass is 16.4. The zero-order chi connectivity index (χ0) is 10.4. The van der Waals surface area contributed by atoms with E-state index in [9.17, 15) is 9.90 Å². The van der Waals surface area contributed by atoms with E-state index in [1.165, 1.54) is 4.90 Å². The van der Waals surface area contributed by atoms with Crippen LogP contribution in [0.15, 0.2) is 30.3 Å². The van der Waals surface area contributed by atoms with E-state index < -0.39 is 6.09 Å². The number of carboxylic acid groups (broad SMARTS) is 1. The minimum absolute atomic E-state index is 0.303. The van der Waals surface area contributed by atoms with Crippen LogP contribution < -0.4 is 10.8 Å². The van der Waals surface area contributed by atoms with Gasteiger partial charge in [-0.25, -0.2) is 0 Å². The second-order valence-electron chi connectivity index (χ2n) is 2.96. The highest BCUT2D eigenvalue weighted by Gasteiger charge is 2.03. The van der Waals surface area contributed by atoms with Crippen LogP contribution in [-0.2, 0) is 6.54 Å². The molecule has 14 heavy (non-hydrogen) atoms. The second kappa shape index (κ2) is 5.24. The van der Waals surface area contributed by atoms with Gasteiger partial charge >= 0.3 is 0 Å². The lowest BCUT2D eigenvalue weighted by Gasteiger charge is -2.24. The van der Waals surface area contributed by atoms with Crippen LogP contribution in [0.3, 0.4) is 0 Å². The molecule has 0 saturated carbocycles. The summed E-state index contributed by atoms with van der Waals surface area (Å²) in [5.41, 5.74) is 6.22. The first-order valence-electron chi connectivity index (χ1n) is 4.44. The van der Waals surface area contributed by atoms with Gasteiger partial charge in [-0.2, -0.15) is 0 Å². The van der Waals surface area contributed by atoms with E-state index in [4.69, 9.17) is 5.73 Å². The molecule has 2 N–H and O–H groups in total. The Bertz CT molecular complexity index is 287. The lowest BCUT2D eigenvalue weighted by Crippen LogP contribution is -2.43. The Morgan fingerprint density at radius 1 is 1.36 bits per heavy atom. The molecule has 0 bridgehead atoms. The second-order valence-corrected chi connectivity index (χ2v) is 2.96. The summed E-state index contributed by atoms with van der Waals surface area (Å²) in [6.07, 6.45) is -1.18. The van der Waals surface area contributed by atoms with Crippen LogP contribution in [-0.4, -0.2) is 24.1 Å². The van der Waals surface area contributed by atoms with Gasteiger partial charge in [-0.15, -0.1) is 0 Å². The van der Waals surface area contributed by atoms with E-state index in [1.54, 1.807) is 0 Å². The van der Waals surface area contributed by atoms with Crippen LogP contribution in [0.5, 0.6) is 0 Å². The van der Waals surface area contributed by atoms with Gasteiger partial charge < -0.3 is 20.5 Å². The molecule has 0 heterocycles. The van der Waals surface area contributed by atoms with Gasteiger partial charge in [0.1, 0.15) is 6.09 Å². The van der Waals surface area contributed by atoms with Crippen molar-refractivity contribution in [3.63, 3.8) is 0 Å². The molecule has 1 aromatic carbocycles. The Hall–Kier alpha value is -1.55. The minimum atomic E-state index is -1.18. The summed E-state index contributed by atoms with van der Waals surface area (Å²) < 4.78 is 0. The Morgan fingerprint density at radius 3 is 2.50 bits per heavy atom. The number of rotatable bonds is 4. The summed E-state index contributed by atoms with van der Waals surface area (Å²) in [7, 11) is 0. The summed E-state index contributed by atoms with van der Waals surface area (Å²) >= 11 is 0. The van der Waals surface area contributed by atoms with Crippen molar-refractivity contribution in [2.24, 2.45) is 5.73 Å². The Morgan fingerprint density at radius 2 is 2.00 bits per heavy atom. The summed E-state index contributed by atoms with van der Waals surface area (Å²) in [4.78, 5) is 11.8. The number of nitrogens with zero attached hydrogens (tertiary/aromatic N) is 1. The van der Waals surface area contributed by atoms with Crippen molar-refractivity contribution in [2.75, 3.05) is 13.1 Å². The number of hydrogen-bond acceptors (Lipinski definition) is 3. The van der Waals surface area contributed by atoms with Crippen LogP contribution in [0.1, 0.15) is 5.56 Å². The molecule has 4 heteroatoms. The Kier molecular flexibility index (Phi) is 3.94. The van der Waals surface area contributed by atoms with Crippen LogP contribution in [0.4, 0.5) is 4.79 Å². The maximum atomic E-state index is 10.7. The van der Waals surface area contributed by atoms with Crippen LogP contribution >= 0.6 is 0 Å². The average molecular weight is 193 g/mol. The predicted octanol–water partition coefficient (Wildman–Crippen LogP) is -0.209. The first-order chi connectivity index (χ1) is 6.74. The molecule has 0 atom stereocenters. The molecule has 0 aliphatic carbocycles. The van der Waals surface area contributed by atoms with Gasteiger partial charge in [0.2, 0.25) is 0 Å². The van der Waals surface area contributed by atoms with Crippen molar-refractivity contribution in [2.45, 2.75) is 6.54 Å². The van der Waals surface area contributed by atoms with Gasteiger partial charge in [-0.05, 0) is 5.56 Å². The number of hydrogen-bond donors (Lipinski definition) is 1. The van der Waals surface area contributed by atoms with Gasteiger partial charge in [0, 0.05) is 19.6 Å². The molecule has 76 valence electrons. The van der Waals surface area contributed by atoms with Crippen LogP contribution in [0.25, 0.3) is 0 Å². The molecule has 0 aliphatic heterocycles. The maximum Gasteiger partial charge on any atom is 0.137 e. The number of nitrogens with two attached hydrogens (primary N) is 1. The third kappa shape index (κ3) is 3.06. The van der Waals surface area contributed by atoms with Crippen LogP contribution in [0, 0.1) is 0 Å². The van der Waals surface area contributed by atoms with Crippen molar-refractivity contribution in [3.8, 4) is 0 Å². The summed E-state index contributed by atoms with van der Waals surface area (Å²) in [6.45, 7) is 0.943. The summed E-state index contributed by atoms with van der Waals surface area (Å²) in [5.74, 6) is 0. The van der Waals surface area contributed by atoms with Gasteiger partial charge in [0.15, 0.2) is 0 Å². The van der Waals surface area contributed by atoms with Crippen molar-refractivity contribution >= 4 is 6.09 Å². The fourth-order valence-electron chi connectivity index (χ4n) is 1.19. The molecular weight excluding hydrogens is 180 g/mol. The number of carbonyl (C=O) groups excluding carboxylic acids is 1. The van der Waals surface area contributed by atoms with Crippen molar-refractivity contribution in [3.05, 3.63) is 35.9 Å². The van der Waals surface area contributed by atoms with E-state index >= 15 is 0 Å². The van der Waals surface area contributed by atoms with E-state index in [-0.39, 0.29) is 0 Å². The van der Waals surface area contributed by atoms with Crippen molar-refractivity contribution < 1.29 is 9.90 Å². The molecule has 1 amide bonds. The Balaban J connectivity index is 2.60. The molecule has 0 unspecified atom stereocenters. The summed E-state index contributed by atoms with van der Waals surface area (Å²) in [6, 6.07) is 9.35. The SMILES string of the molecule is NCCN(Cc1ccccc1)C(=O)[O-]. The minimum Gasteiger partial charge on any atom is -0.530 e. The topological polar surface area (TPSA) is 69.4 Å². The quantitative estimate of drug-likeness (QED) is 0.719. The normalized spacial score (nSPS) is 9.79. The number of carbonyl (C=O) groups is 1. The molecule has 4 nitrogen and oxygen atoms in total. The van der Waals surface area contributed by atoms with E-state index in [0.29, 0.717) is 19.6 Å². The first-order valence-corrected chi connectivity index (χ1v) is 4.44.